The molecule has 0 bridgehead atoms. The molecule has 3 nitrogen and oxygen atoms in total. The molecule has 1 aliphatic rings. The minimum absolute atomic E-state index is 0.103. The average molecular weight is 313 g/mol. The SMILES string of the molecule is CCCN1CCOC(CN)C1c1ccc(Br)cc1. The number of hydrogen-bond acceptors (Lipinski definition) is 3. The average Bonchev–Trinajstić information content (AvgIpc) is 2.40. The maximum Gasteiger partial charge on any atom is 0.0894 e. The third-order valence-corrected chi connectivity index (χ3v) is 3.94. The predicted octanol–water partition coefficient (Wildman–Crippen LogP) is 2.56. The molecule has 1 fully saturated rings. The Kier molecular flexibility index (Phi) is 5.18. The topological polar surface area (TPSA) is 38.5 Å². The maximum atomic E-state index is 5.86. The van der Waals surface area contributed by atoms with Gasteiger partial charge in [0.25, 0.3) is 0 Å². The van der Waals surface area contributed by atoms with Gasteiger partial charge in [-0.15, -0.1) is 0 Å². The molecule has 0 aromatic heterocycles. The summed E-state index contributed by atoms with van der Waals surface area (Å²) < 4.78 is 6.93. The molecule has 1 heterocycles. The summed E-state index contributed by atoms with van der Waals surface area (Å²) in [6.07, 6.45) is 1.26. The van der Waals surface area contributed by atoms with Gasteiger partial charge in [-0.2, -0.15) is 0 Å². The Morgan fingerprint density at radius 3 is 2.72 bits per heavy atom. The highest BCUT2D eigenvalue weighted by Gasteiger charge is 2.31. The van der Waals surface area contributed by atoms with Gasteiger partial charge in [0.15, 0.2) is 0 Å². The first-order valence-corrected chi connectivity index (χ1v) is 7.36. The fraction of sp³-hybridized carbons (Fsp3) is 0.571. The van der Waals surface area contributed by atoms with Crippen molar-refractivity contribution in [2.75, 3.05) is 26.2 Å². The molecule has 2 N–H and O–H groups in total. The van der Waals surface area contributed by atoms with E-state index < -0.39 is 0 Å². The molecule has 0 saturated carbocycles. The van der Waals surface area contributed by atoms with E-state index in [0.717, 1.165) is 30.6 Å². The highest BCUT2D eigenvalue weighted by Crippen LogP contribution is 2.30. The Morgan fingerprint density at radius 2 is 2.11 bits per heavy atom. The van der Waals surface area contributed by atoms with Crippen molar-refractivity contribution in [2.24, 2.45) is 5.73 Å². The molecule has 4 heteroatoms. The number of morpholine rings is 1. The van der Waals surface area contributed by atoms with Gasteiger partial charge in [0.05, 0.1) is 18.8 Å². The molecule has 2 unspecified atom stereocenters. The number of nitrogens with two attached hydrogens (primary N) is 1. The molecule has 0 radical (unpaired) electrons. The van der Waals surface area contributed by atoms with Crippen molar-refractivity contribution >= 4 is 15.9 Å². The molecule has 2 atom stereocenters. The van der Waals surface area contributed by atoms with Crippen molar-refractivity contribution in [3.05, 3.63) is 34.3 Å². The third kappa shape index (κ3) is 3.12. The van der Waals surface area contributed by atoms with Crippen LogP contribution in [-0.2, 0) is 4.74 Å². The molecule has 1 saturated heterocycles. The van der Waals surface area contributed by atoms with Crippen molar-refractivity contribution in [2.45, 2.75) is 25.5 Å². The van der Waals surface area contributed by atoms with Crippen LogP contribution in [0.15, 0.2) is 28.7 Å². The van der Waals surface area contributed by atoms with E-state index in [-0.39, 0.29) is 12.1 Å². The van der Waals surface area contributed by atoms with Crippen LogP contribution in [-0.4, -0.2) is 37.2 Å². The fourth-order valence-corrected chi connectivity index (χ4v) is 2.87. The first kappa shape index (κ1) is 14.0. The minimum atomic E-state index is 0.103. The van der Waals surface area contributed by atoms with E-state index in [1.807, 2.05) is 0 Å². The zero-order valence-electron chi connectivity index (χ0n) is 10.8. The Bertz CT molecular complexity index is 367. The van der Waals surface area contributed by atoms with Crippen molar-refractivity contribution in [3.8, 4) is 0 Å². The normalized spacial score (nSPS) is 25.3. The fourth-order valence-electron chi connectivity index (χ4n) is 2.61. The van der Waals surface area contributed by atoms with E-state index >= 15 is 0 Å². The minimum Gasteiger partial charge on any atom is -0.374 e. The summed E-state index contributed by atoms with van der Waals surface area (Å²) in [6.45, 7) is 5.66. The van der Waals surface area contributed by atoms with E-state index in [9.17, 15) is 0 Å². The Morgan fingerprint density at radius 1 is 1.39 bits per heavy atom. The van der Waals surface area contributed by atoms with Crippen LogP contribution in [0.1, 0.15) is 24.9 Å². The molecule has 2 rings (SSSR count). The molecule has 1 aromatic rings. The van der Waals surface area contributed by atoms with Crippen LogP contribution in [0.2, 0.25) is 0 Å². The Hall–Kier alpha value is -0.420. The molecule has 1 aromatic carbocycles. The van der Waals surface area contributed by atoms with E-state index in [1.54, 1.807) is 0 Å². The summed E-state index contributed by atoms with van der Waals surface area (Å²) in [5.41, 5.74) is 7.15. The molecule has 18 heavy (non-hydrogen) atoms. The second-order valence-corrected chi connectivity index (χ2v) is 5.59. The van der Waals surface area contributed by atoms with Gasteiger partial charge < -0.3 is 10.5 Å². The van der Waals surface area contributed by atoms with Gasteiger partial charge in [-0.3, -0.25) is 4.90 Å². The number of hydrogen-bond donors (Lipinski definition) is 1. The van der Waals surface area contributed by atoms with Gasteiger partial charge in [0.1, 0.15) is 0 Å². The quantitative estimate of drug-likeness (QED) is 0.928. The maximum absolute atomic E-state index is 5.86. The first-order chi connectivity index (χ1) is 8.76. The molecule has 0 aliphatic carbocycles. The largest absolute Gasteiger partial charge is 0.374 e. The summed E-state index contributed by atoms with van der Waals surface area (Å²) in [6, 6.07) is 8.78. The summed E-state index contributed by atoms with van der Waals surface area (Å²) in [4.78, 5) is 2.49. The molecule has 1 aliphatic heterocycles. The second kappa shape index (κ2) is 6.66. The van der Waals surface area contributed by atoms with Gasteiger partial charge in [-0.25, -0.2) is 0 Å². The van der Waals surface area contributed by atoms with Gasteiger partial charge in [-0.1, -0.05) is 35.0 Å². The standard InChI is InChI=1S/C14H21BrN2O/c1-2-7-17-8-9-18-13(10-16)14(17)11-3-5-12(15)6-4-11/h3-6,13-14H,2,7-10,16H2,1H3. The molecular weight excluding hydrogens is 292 g/mol. The van der Waals surface area contributed by atoms with Crippen molar-refractivity contribution in [1.29, 1.82) is 0 Å². The highest BCUT2D eigenvalue weighted by atomic mass is 79.9. The summed E-state index contributed by atoms with van der Waals surface area (Å²) in [7, 11) is 0. The third-order valence-electron chi connectivity index (χ3n) is 3.41. The van der Waals surface area contributed by atoms with Crippen LogP contribution in [0.4, 0.5) is 0 Å². The van der Waals surface area contributed by atoms with Crippen LogP contribution in [0.25, 0.3) is 0 Å². The van der Waals surface area contributed by atoms with Gasteiger partial charge >= 0.3 is 0 Å². The number of ether oxygens (including phenoxy) is 1. The number of benzene rings is 1. The van der Waals surface area contributed by atoms with Crippen molar-refractivity contribution < 1.29 is 4.74 Å². The summed E-state index contributed by atoms with van der Waals surface area (Å²) in [5.74, 6) is 0. The number of halogens is 1. The zero-order chi connectivity index (χ0) is 13.0. The molecule has 0 spiro atoms. The van der Waals surface area contributed by atoms with Gasteiger partial charge in [0, 0.05) is 17.6 Å². The van der Waals surface area contributed by atoms with Crippen LogP contribution in [0.5, 0.6) is 0 Å². The van der Waals surface area contributed by atoms with Crippen LogP contribution in [0.3, 0.4) is 0 Å². The first-order valence-electron chi connectivity index (χ1n) is 6.57. The van der Waals surface area contributed by atoms with Crippen LogP contribution < -0.4 is 5.73 Å². The molecule has 100 valence electrons. The van der Waals surface area contributed by atoms with E-state index in [2.05, 4.69) is 52.0 Å². The lowest BCUT2D eigenvalue weighted by Gasteiger charge is -2.41. The summed E-state index contributed by atoms with van der Waals surface area (Å²) in [5, 5.41) is 0. The molecule has 0 amide bonds. The van der Waals surface area contributed by atoms with Gasteiger partial charge in [0.2, 0.25) is 0 Å². The van der Waals surface area contributed by atoms with E-state index in [1.165, 1.54) is 5.56 Å². The highest BCUT2D eigenvalue weighted by molar-refractivity contribution is 9.10. The van der Waals surface area contributed by atoms with E-state index in [4.69, 9.17) is 10.5 Å². The Balaban J connectivity index is 2.24. The van der Waals surface area contributed by atoms with Crippen LogP contribution in [0, 0.1) is 0 Å². The smallest absolute Gasteiger partial charge is 0.0894 e. The van der Waals surface area contributed by atoms with Crippen molar-refractivity contribution in [3.63, 3.8) is 0 Å². The zero-order valence-corrected chi connectivity index (χ0v) is 12.4. The lowest BCUT2D eigenvalue weighted by molar-refractivity contribution is -0.0676. The lowest BCUT2D eigenvalue weighted by Crippen LogP contribution is -2.48. The van der Waals surface area contributed by atoms with Crippen LogP contribution >= 0.6 is 15.9 Å². The predicted molar refractivity (Wildman–Crippen MR) is 77.5 cm³/mol. The number of nitrogens with zero attached hydrogens (tertiary/aromatic N) is 1. The van der Waals surface area contributed by atoms with E-state index in [0.29, 0.717) is 6.54 Å². The monoisotopic (exact) mass is 312 g/mol. The van der Waals surface area contributed by atoms with Crippen molar-refractivity contribution in [1.82, 2.24) is 4.90 Å². The van der Waals surface area contributed by atoms with Gasteiger partial charge in [-0.05, 0) is 30.7 Å². The number of rotatable bonds is 4. The summed E-state index contributed by atoms with van der Waals surface area (Å²) >= 11 is 3.48. The second-order valence-electron chi connectivity index (χ2n) is 4.68. The Labute approximate surface area is 117 Å². The lowest BCUT2D eigenvalue weighted by atomic mass is 9.98. The molecular formula is C14H21BrN2O.